The summed E-state index contributed by atoms with van der Waals surface area (Å²) in [6.45, 7) is 3.23. The Labute approximate surface area is 95.1 Å². The summed E-state index contributed by atoms with van der Waals surface area (Å²) < 4.78 is 0. The molecular formula is C11H18O5-2. The molecule has 0 spiro atoms. The molecule has 0 saturated heterocycles. The molecule has 0 aromatic rings. The van der Waals surface area contributed by atoms with Crippen molar-refractivity contribution in [3.05, 3.63) is 0 Å². The molecule has 0 heterocycles. The summed E-state index contributed by atoms with van der Waals surface area (Å²) in [5.74, 6) is -4.80. The second-order valence-electron chi connectivity index (χ2n) is 4.59. The summed E-state index contributed by atoms with van der Waals surface area (Å²) in [7, 11) is 0. The van der Waals surface area contributed by atoms with Crippen molar-refractivity contribution < 1.29 is 24.9 Å². The van der Waals surface area contributed by atoms with Crippen molar-refractivity contribution in [1.29, 1.82) is 0 Å². The molecule has 0 saturated carbocycles. The number of aliphatic carboxylic acids is 2. The quantitative estimate of drug-likeness (QED) is 0.412. The van der Waals surface area contributed by atoms with Crippen molar-refractivity contribution in [1.82, 2.24) is 0 Å². The van der Waals surface area contributed by atoms with Crippen LogP contribution in [0, 0.1) is 11.3 Å². The third-order valence-corrected chi connectivity index (χ3v) is 2.73. The average Bonchev–Trinajstić information content (AvgIpc) is 2.10. The molecule has 0 radical (unpaired) electrons. The van der Waals surface area contributed by atoms with Gasteiger partial charge in [0.05, 0.1) is 11.9 Å². The van der Waals surface area contributed by atoms with Gasteiger partial charge in [0, 0.05) is 12.5 Å². The Kier molecular flexibility index (Phi) is 6.03. The van der Waals surface area contributed by atoms with Crippen LogP contribution >= 0.6 is 0 Å². The van der Waals surface area contributed by atoms with Gasteiger partial charge < -0.3 is 24.9 Å². The van der Waals surface area contributed by atoms with Gasteiger partial charge in [-0.25, -0.2) is 0 Å². The van der Waals surface area contributed by atoms with Crippen LogP contribution in [0.4, 0.5) is 0 Å². The van der Waals surface area contributed by atoms with Gasteiger partial charge in [0.15, 0.2) is 0 Å². The lowest BCUT2D eigenvalue weighted by molar-refractivity contribution is -0.336. The summed E-state index contributed by atoms with van der Waals surface area (Å²) in [5, 5.41) is 30.0. The zero-order valence-electron chi connectivity index (χ0n) is 9.69. The van der Waals surface area contributed by atoms with Gasteiger partial charge in [0.1, 0.15) is 0 Å². The van der Waals surface area contributed by atoms with E-state index in [-0.39, 0.29) is 6.61 Å². The molecule has 0 rings (SSSR count). The van der Waals surface area contributed by atoms with Crippen molar-refractivity contribution in [3.63, 3.8) is 0 Å². The summed E-state index contributed by atoms with van der Waals surface area (Å²) in [6, 6.07) is 0. The third kappa shape index (κ3) is 4.61. The topological polar surface area (TPSA) is 100 Å². The van der Waals surface area contributed by atoms with Gasteiger partial charge in [-0.3, -0.25) is 0 Å². The number of carboxylic acids is 2. The van der Waals surface area contributed by atoms with Gasteiger partial charge >= 0.3 is 0 Å². The second-order valence-corrected chi connectivity index (χ2v) is 4.59. The minimum Gasteiger partial charge on any atom is -0.549 e. The van der Waals surface area contributed by atoms with Gasteiger partial charge in [-0.15, -0.1) is 0 Å². The maximum atomic E-state index is 10.7. The van der Waals surface area contributed by atoms with E-state index in [4.69, 9.17) is 5.11 Å². The van der Waals surface area contributed by atoms with Gasteiger partial charge in [-0.1, -0.05) is 26.7 Å². The molecule has 5 heteroatoms. The summed E-state index contributed by atoms with van der Waals surface area (Å²) in [6.07, 6.45) is 2.49. The first-order chi connectivity index (χ1) is 7.33. The molecule has 0 aliphatic rings. The molecule has 94 valence electrons. The van der Waals surface area contributed by atoms with E-state index in [1.807, 2.05) is 0 Å². The van der Waals surface area contributed by atoms with Crippen molar-refractivity contribution in [2.45, 2.75) is 39.5 Å². The molecular weight excluding hydrogens is 212 g/mol. The third-order valence-electron chi connectivity index (χ3n) is 2.73. The number of hydrogen-bond donors (Lipinski definition) is 1. The van der Waals surface area contributed by atoms with E-state index in [1.165, 1.54) is 0 Å². The molecule has 16 heavy (non-hydrogen) atoms. The van der Waals surface area contributed by atoms with Crippen LogP contribution in [0.1, 0.15) is 39.5 Å². The van der Waals surface area contributed by atoms with Crippen molar-refractivity contribution >= 4 is 11.9 Å². The van der Waals surface area contributed by atoms with Crippen LogP contribution in [0.15, 0.2) is 0 Å². The van der Waals surface area contributed by atoms with Crippen molar-refractivity contribution in [2.24, 2.45) is 11.3 Å². The van der Waals surface area contributed by atoms with E-state index in [1.54, 1.807) is 13.8 Å². The van der Waals surface area contributed by atoms with E-state index in [0.29, 0.717) is 19.3 Å². The Morgan fingerprint density at radius 3 is 2.00 bits per heavy atom. The maximum absolute atomic E-state index is 10.7. The van der Waals surface area contributed by atoms with Crippen molar-refractivity contribution in [3.8, 4) is 0 Å². The number of aliphatic hydroxyl groups excluding tert-OH is 1. The predicted molar refractivity (Wildman–Crippen MR) is 52.8 cm³/mol. The normalized spacial score (nSPS) is 11.8. The van der Waals surface area contributed by atoms with Gasteiger partial charge in [-0.2, -0.15) is 0 Å². The molecule has 0 aliphatic heterocycles. The monoisotopic (exact) mass is 230 g/mol. The Morgan fingerprint density at radius 1 is 1.12 bits per heavy atom. The van der Waals surface area contributed by atoms with Crippen LogP contribution in [0.5, 0.6) is 0 Å². The molecule has 0 amide bonds. The second kappa shape index (κ2) is 6.48. The standard InChI is InChI=1S/C11H20O5/c1-11(2,6-4-3-5-7-12)8(9(13)14)10(15)16/h8,12H,3-7H2,1-2H3,(H,13,14)(H,15,16)/p-2. The summed E-state index contributed by atoms with van der Waals surface area (Å²) >= 11 is 0. The van der Waals surface area contributed by atoms with Crippen LogP contribution in [-0.2, 0) is 9.59 Å². The first-order valence-corrected chi connectivity index (χ1v) is 5.35. The fraction of sp³-hybridized carbons (Fsp3) is 0.818. The highest BCUT2D eigenvalue weighted by atomic mass is 16.4. The van der Waals surface area contributed by atoms with Crippen LogP contribution in [0.3, 0.4) is 0 Å². The highest BCUT2D eigenvalue weighted by Gasteiger charge is 2.31. The minimum absolute atomic E-state index is 0.0881. The molecule has 0 aromatic carbocycles. The fourth-order valence-corrected chi connectivity index (χ4v) is 1.75. The molecule has 0 atom stereocenters. The summed E-state index contributed by atoms with van der Waals surface area (Å²) in [4.78, 5) is 21.4. The number of aliphatic hydroxyl groups is 1. The van der Waals surface area contributed by atoms with Crippen LogP contribution in [-0.4, -0.2) is 23.7 Å². The molecule has 0 unspecified atom stereocenters. The van der Waals surface area contributed by atoms with Crippen LogP contribution in [0.25, 0.3) is 0 Å². The highest BCUT2D eigenvalue weighted by Crippen LogP contribution is 2.32. The first kappa shape index (κ1) is 14.9. The number of carbonyl (C=O) groups excluding carboxylic acids is 2. The molecule has 1 N–H and O–H groups in total. The Morgan fingerprint density at radius 2 is 1.62 bits per heavy atom. The summed E-state index contributed by atoms with van der Waals surface area (Å²) in [5.41, 5.74) is -0.896. The predicted octanol–water partition coefficient (Wildman–Crippen LogP) is -1.32. The Hall–Kier alpha value is -1.10. The fourth-order valence-electron chi connectivity index (χ4n) is 1.75. The SMILES string of the molecule is CC(C)(CCCCCO)C(C(=O)[O-])C(=O)[O-]. The number of hydrogen-bond acceptors (Lipinski definition) is 5. The largest absolute Gasteiger partial charge is 0.549 e. The highest BCUT2D eigenvalue weighted by molar-refractivity contribution is 5.91. The minimum atomic E-state index is -1.60. The van der Waals surface area contributed by atoms with E-state index in [2.05, 4.69) is 0 Å². The zero-order valence-corrected chi connectivity index (χ0v) is 9.69. The zero-order chi connectivity index (χ0) is 12.8. The first-order valence-electron chi connectivity index (χ1n) is 5.35. The molecule has 0 fully saturated rings. The number of unbranched alkanes of at least 4 members (excludes halogenated alkanes) is 2. The average molecular weight is 230 g/mol. The van der Waals surface area contributed by atoms with Gasteiger partial charge in [0.2, 0.25) is 0 Å². The number of carboxylic acid groups (broad SMARTS) is 2. The van der Waals surface area contributed by atoms with Gasteiger partial charge in [-0.05, 0) is 18.3 Å². The van der Waals surface area contributed by atoms with Crippen LogP contribution in [0.2, 0.25) is 0 Å². The lowest BCUT2D eigenvalue weighted by atomic mass is 9.75. The molecule has 0 aliphatic carbocycles. The molecule has 0 bridgehead atoms. The lowest BCUT2D eigenvalue weighted by Gasteiger charge is -2.35. The Bertz CT molecular complexity index is 233. The number of carbonyl (C=O) groups is 2. The smallest absolute Gasteiger partial charge is 0.0506 e. The lowest BCUT2D eigenvalue weighted by Crippen LogP contribution is -2.50. The van der Waals surface area contributed by atoms with E-state index >= 15 is 0 Å². The van der Waals surface area contributed by atoms with Gasteiger partial charge in [0.25, 0.3) is 0 Å². The molecule has 0 aromatic heterocycles. The van der Waals surface area contributed by atoms with Crippen molar-refractivity contribution in [2.75, 3.05) is 6.61 Å². The molecule has 5 nitrogen and oxygen atoms in total. The van der Waals surface area contributed by atoms with E-state index in [0.717, 1.165) is 6.42 Å². The van der Waals surface area contributed by atoms with Crippen LogP contribution < -0.4 is 10.2 Å². The number of rotatable bonds is 8. The Balaban J connectivity index is 4.36. The maximum Gasteiger partial charge on any atom is 0.0506 e. The van der Waals surface area contributed by atoms with E-state index < -0.39 is 23.3 Å². The van der Waals surface area contributed by atoms with E-state index in [9.17, 15) is 19.8 Å².